The van der Waals surface area contributed by atoms with E-state index in [4.69, 9.17) is 0 Å². The number of nitrogens with one attached hydrogen (secondary N) is 3. The number of carbonyl (C=O) groups excluding carboxylic acids is 3. The van der Waals surface area contributed by atoms with Gasteiger partial charge in [0.15, 0.2) is 12.6 Å². The third-order valence-corrected chi connectivity index (χ3v) is 6.72. The van der Waals surface area contributed by atoms with Crippen molar-refractivity contribution >= 4 is 17.8 Å². The molecule has 0 spiro atoms. The molecule has 4 rings (SSSR count). The Kier molecular flexibility index (Phi) is 5.28. The van der Waals surface area contributed by atoms with Gasteiger partial charge in [0.05, 0.1) is 7.05 Å². The Balaban J connectivity index is 1.51. The van der Waals surface area contributed by atoms with E-state index >= 15 is 0 Å². The molecule has 0 saturated heterocycles. The molecule has 7 nitrogen and oxygen atoms in total. The average molecular weight is 365 g/mol. The van der Waals surface area contributed by atoms with E-state index < -0.39 is 6.04 Å². The number of carbonyl (C=O) groups is 3. The van der Waals surface area contributed by atoms with Crippen molar-refractivity contribution in [2.45, 2.75) is 57.0 Å². The maximum Gasteiger partial charge on any atom is 0.322 e. The van der Waals surface area contributed by atoms with Crippen LogP contribution in [-0.4, -0.2) is 62.0 Å². The summed E-state index contributed by atoms with van der Waals surface area (Å²) in [5.41, 5.74) is -0.109. The van der Waals surface area contributed by atoms with Crippen molar-refractivity contribution in [1.82, 2.24) is 15.5 Å². The maximum atomic E-state index is 12.5. The second kappa shape index (κ2) is 7.18. The van der Waals surface area contributed by atoms with Crippen molar-refractivity contribution in [2.75, 3.05) is 27.7 Å². The van der Waals surface area contributed by atoms with Gasteiger partial charge in [-0.3, -0.25) is 14.9 Å². The lowest BCUT2D eigenvalue weighted by Crippen LogP contribution is -3.15. The summed E-state index contributed by atoms with van der Waals surface area (Å²) in [6.45, 7) is 1.96. The molecule has 4 aliphatic carbocycles. The number of hydrogen-bond donors (Lipinski definition) is 3. The van der Waals surface area contributed by atoms with Crippen molar-refractivity contribution in [2.24, 2.45) is 17.8 Å². The molecule has 7 heteroatoms. The van der Waals surface area contributed by atoms with Gasteiger partial charge in [0, 0.05) is 19.6 Å². The van der Waals surface area contributed by atoms with E-state index in [1.165, 1.54) is 24.2 Å². The first-order valence-corrected chi connectivity index (χ1v) is 9.83. The van der Waals surface area contributed by atoms with E-state index in [1.54, 1.807) is 28.1 Å². The van der Waals surface area contributed by atoms with Gasteiger partial charge in [-0.15, -0.1) is 0 Å². The largest absolute Gasteiger partial charge is 0.344 e. The molecule has 0 aromatic heterocycles. The number of nitrogens with zero attached hydrogens (tertiary/aromatic N) is 1. The molecular weight excluding hydrogens is 332 g/mol. The van der Waals surface area contributed by atoms with Crippen LogP contribution in [0, 0.1) is 17.8 Å². The molecule has 0 radical (unpaired) electrons. The van der Waals surface area contributed by atoms with Crippen molar-refractivity contribution in [1.29, 1.82) is 0 Å². The molecule has 0 aromatic carbocycles. The van der Waals surface area contributed by atoms with Crippen LogP contribution in [0.25, 0.3) is 0 Å². The third-order valence-electron chi connectivity index (χ3n) is 6.72. The fourth-order valence-electron chi connectivity index (χ4n) is 5.53. The van der Waals surface area contributed by atoms with Crippen molar-refractivity contribution in [3.8, 4) is 0 Å². The van der Waals surface area contributed by atoms with Gasteiger partial charge in [-0.1, -0.05) is 0 Å². The zero-order valence-electron chi connectivity index (χ0n) is 16.4. The molecule has 26 heavy (non-hydrogen) atoms. The van der Waals surface area contributed by atoms with Crippen LogP contribution < -0.4 is 15.5 Å². The summed E-state index contributed by atoms with van der Waals surface area (Å²) in [6.07, 6.45) is 7.10. The minimum absolute atomic E-state index is 0.0415. The van der Waals surface area contributed by atoms with E-state index in [-0.39, 0.29) is 29.9 Å². The molecule has 4 fully saturated rings. The molecule has 2 atom stereocenters. The number of quaternary nitrogens is 1. The topological polar surface area (TPSA) is 83.0 Å². The molecule has 0 aliphatic heterocycles. The van der Waals surface area contributed by atoms with E-state index in [2.05, 4.69) is 10.6 Å². The smallest absolute Gasteiger partial charge is 0.322 e. The first-order valence-electron chi connectivity index (χ1n) is 9.83. The minimum atomic E-state index is -0.471. The molecular formula is C19H33N4O3+. The van der Waals surface area contributed by atoms with Crippen LogP contribution in [0.5, 0.6) is 0 Å². The SMILES string of the molecule is C[C@H](C(=O)NC(=O)NC12CC3CC(CC(C3)C1)C2)[NH+](C)CC(=O)N(C)C. The third kappa shape index (κ3) is 4.03. The van der Waals surface area contributed by atoms with E-state index in [9.17, 15) is 14.4 Å². The Morgan fingerprint density at radius 1 is 1.08 bits per heavy atom. The Morgan fingerprint density at radius 2 is 1.58 bits per heavy atom. The molecule has 4 saturated carbocycles. The highest BCUT2D eigenvalue weighted by Gasteiger charge is 2.51. The zero-order valence-corrected chi connectivity index (χ0v) is 16.4. The van der Waals surface area contributed by atoms with Gasteiger partial charge in [0.2, 0.25) is 0 Å². The van der Waals surface area contributed by atoms with Gasteiger partial charge in [-0.2, -0.15) is 0 Å². The quantitative estimate of drug-likeness (QED) is 0.630. The summed E-state index contributed by atoms with van der Waals surface area (Å²) in [6, 6.07) is -0.850. The highest BCUT2D eigenvalue weighted by Crippen LogP contribution is 2.55. The minimum Gasteiger partial charge on any atom is -0.344 e. The fourth-order valence-corrected chi connectivity index (χ4v) is 5.53. The highest BCUT2D eigenvalue weighted by atomic mass is 16.2. The van der Waals surface area contributed by atoms with Crippen LogP contribution in [0.1, 0.15) is 45.4 Å². The van der Waals surface area contributed by atoms with E-state index in [1.807, 2.05) is 0 Å². The number of rotatable bonds is 5. The standard InChI is InChI=1S/C19H32N4O3/c1-12(23(4)11-16(24)22(2)3)17(25)20-18(26)21-19-8-13-5-14(9-19)7-15(6-13)10-19/h12-15H,5-11H2,1-4H3,(H2,20,21,25,26)/p+1/t12-,13?,14?,15?,19?/m1/s1. The number of hydrogen-bond acceptors (Lipinski definition) is 3. The van der Waals surface area contributed by atoms with E-state index in [0.29, 0.717) is 0 Å². The number of amides is 4. The van der Waals surface area contributed by atoms with Crippen molar-refractivity contribution in [3.63, 3.8) is 0 Å². The summed E-state index contributed by atoms with van der Waals surface area (Å²) in [5, 5.41) is 5.66. The molecule has 4 aliphatic rings. The Morgan fingerprint density at radius 3 is 2.04 bits per heavy atom. The molecule has 1 unspecified atom stereocenters. The summed E-state index contributed by atoms with van der Waals surface area (Å²) in [4.78, 5) is 39.0. The van der Waals surface area contributed by atoms with Crippen LogP contribution in [0.3, 0.4) is 0 Å². The molecule has 3 N–H and O–H groups in total. The normalized spacial score (nSPS) is 34.1. The summed E-state index contributed by atoms with van der Waals surface area (Å²) >= 11 is 0. The van der Waals surface area contributed by atoms with Crippen LogP contribution >= 0.6 is 0 Å². The molecule has 146 valence electrons. The average Bonchev–Trinajstić information content (AvgIpc) is 2.51. The van der Waals surface area contributed by atoms with Crippen LogP contribution in [0.2, 0.25) is 0 Å². The lowest BCUT2D eigenvalue weighted by Gasteiger charge is -2.56. The number of imide groups is 1. The van der Waals surface area contributed by atoms with Gasteiger partial charge in [0.25, 0.3) is 11.8 Å². The van der Waals surface area contributed by atoms with Crippen molar-refractivity contribution in [3.05, 3.63) is 0 Å². The molecule has 4 bridgehead atoms. The van der Waals surface area contributed by atoms with Gasteiger partial charge < -0.3 is 15.1 Å². The Labute approximate surface area is 155 Å². The van der Waals surface area contributed by atoms with Crippen LogP contribution in [0.15, 0.2) is 0 Å². The molecule has 0 aromatic rings. The van der Waals surface area contributed by atoms with Gasteiger partial charge in [0.1, 0.15) is 0 Å². The van der Waals surface area contributed by atoms with Crippen molar-refractivity contribution < 1.29 is 19.3 Å². The van der Waals surface area contributed by atoms with Gasteiger partial charge in [-0.25, -0.2) is 4.79 Å². The zero-order chi connectivity index (χ0) is 19.1. The fraction of sp³-hybridized carbons (Fsp3) is 0.842. The number of likely N-dealkylation sites (N-methyl/N-ethyl adjacent to an activating group) is 2. The maximum absolute atomic E-state index is 12.5. The lowest BCUT2D eigenvalue weighted by atomic mass is 9.53. The predicted molar refractivity (Wildman–Crippen MR) is 97.5 cm³/mol. The summed E-state index contributed by atoms with van der Waals surface area (Å²) in [7, 11) is 5.18. The Hall–Kier alpha value is -1.63. The second-order valence-electron chi connectivity index (χ2n) is 9.17. The predicted octanol–water partition coefficient (Wildman–Crippen LogP) is -0.228. The molecule has 0 heterocycles. The first kappa shape index (κ1) is 19.1. The molecule has 4 amide bonds. The summed E-state index contributed by atoms with van der Waals surface area (Å²) in [5.74, 6) is 1.84. The van der Waals surface area contributed by atoms with Crippen LogP contribution in [0.4, 0.5) is 4.79 Å². The second-order valence-corrected chi connectivity index (χ2v) is 9.17. The van der Waals surface area contributed by atoms with Gasteiger partial charge in [-0.05, 0) is 63.2 Å². The number of urea groups is 1. The van der Waals surface area contributed by atoms with Crippen LogP contribution in [-0.2, 0) is 9.59 Å². The highest BCUT2D eigenvalue weighted by molar-refractivity contribution is 5.96. The van der Waals surface area contributed by atoms with Gasteiger partial charge >= 0.3 is 6.03 Å². The Bertz CT molecular complexity index is 554. The monoisotopic (exact) mass is 365 g/mol. The summed E-state index contributed by atoms with van der Waals surface area (Å²) < 4.78 is 0. The van der Waals surface area contributed by atoms with E-state index in [0.717, 1.165) is 41.9 Å². The lowest BCUT2D eigenvalue weighted by molar-refractivity contribution is -0.886. The first-order chi connectivity index (χ1) is 12.2.